The number of nitrogens with zero attached hydrogens (tertiary/aromatic N) is 3. The monoisotopic (exact) mass is 659 g/mol. The third-order valence-electron chi connectivity index (χ3n) is 10.7. The molecule has 3 nitrogen and oxygen atoms in total. The zero-order chi connectivity index (χ0) is 34.3. The van der Waals surface area contributed by atoms with Crippen molar-refractivity contribution in [3.63, 3.8) is 0 Å². The summed E-state index contributed by atoms with van der Waals surface area (Å²) in [5.74, 6) is 0.368. The Kier molecular flexibility index (Phi) is 7.89. The van der Waals surface area contributed by atoms with Crippen molar-refractivity contribution >= 4 is 60.7 Å². The van der Waals surface area contributed by atoms with Crippen LogP contribution in [0.3, 0.4) is 0 Å². The van der Waals surface area contributed by atoms with Crippen LogP contribution < -0.4 is 4.90 Å². The number of fused-ring (bicyclic) bond motifs is 7. The van der Waals surface area contributed by atoms with Gasteiger partial charge in [-0.2, -0.15) is 0 Å². The van der Waals surface area contributed by atoms with Crippen LogP contribution in [-0.2, 0) is 0 Å². The molecule has 0 fully saturated rings. The van der Waals surface area contributed by atoms with Gasteiger partial charge in [-0.15, -0.1) is 0 Å². The van der Waals surface area contributed by atoms with Gasteiger partial charge >= 0.3 is 0 Å². The average Bonchev–Trinajstić information content (AvgIpc) is 3.71. The quantitative estimate of drug-likeness (QED) is 0.150. The highest BCUT2D eigenvalue weighted by Crippen LogP contribution is 2.44. The number of rotatable bonds is 9. The molecule has 2 atom stereocenters. The summed E-state index contributed by atoms with van der Waals surface area (Å²) in [5, 5.41) is 5.28. The fourth-order valence-electron chi connectivity index (χ4n) is 8.33. The molecule has 0 aliphatic heterocycles. The van der Waals surface area contributed by atoms with Gasteiger partial charge in [-0.25, -0.2) is 0 Å². The van der Waals surface area contributed by atoms with Crippen LogP contribution in [0, 0.1) is 0 Å². The highest BCUT2D eigenvalue weighted by Gasteiger charge is 2.24. The Morgan fingerprint density at radius 2 is 1.04 bits per heavy atom. The Morgan fingerprint density at radius 1 is 0.490 bits per heavy atom. The lowest BCUT2D eigenvalue weighted by Crippen LogP contribution is -2.12. The van der Waals surface area contributed by atoms with E-state index in [1.165, 1.54) is 54.9 Å². The standard InChI is InChI=1S/C48H41N3/c1-3-36(33-34(2)35-27-29-40(30-28-35)49(37-17-7-4-8-18-37)38-19-9-5-10-20-38)51-44-25-15-13-23-41(44)42-31-32-46-47(48(42)51)43-24-14-16-26-45(43)50(46)39-21-11-6-12-22-39/h4-32,34,36H,3,33H2,1-2H3. The molecule has 0 N–H and O–H groups in total. The molecule has 0 saturated carbocycles. The van der Waals surface area contributed by atoms with Crippen molar-refractivity contribution < 1.29 is 0 Å². The maximum Gasteiger partial charge on any atom is 0.0595 e. The first kappa shape index (κ1) is 31.0. The first-order valence-corrected chi connectivity index (χ1v) is 18.2. The fourth-order valence-corrected chi connectivity index (χ4v) is 8.33. The zero-order valence-corrected chi connectivity index (χ0v) is 29.2. The van der Waals surface area contributed by atoms with Gasteiger partial charge in [0.05, 0.1) is 16.6 Å². The van der Waals surface area contributed by atoms with E-state index >= 15 is 0 Å². The van der Waals surface area contributed by atoms with Crippen LogP contribution in [-0.4, -0.2) is 9.13 Å². The summed E-state index contributed by atoms with van der Waals surface area (Å²) in [4.78, 5) is 2.33. The molecule has 9 rings (SSSR count). The van der Waals surface area contributed by atoms with Gasteiger partial charge in [0.15, 0.2) is 0 Å². The molecule has 0 saturated heterocycles. The Morgan fingerprint density at radius 3 is 1.69 bits per heavy atom. The largest absolute Gasteiger partial charge is 0.337 e. The van der Waals surface area contributed by atoms with Crippen LogP contribution in [0.1, 0.15) is 44.2 Å². The van der Waals surface area contributed by atoms with Gasteiger partial charge in [-0.3, -0.25) is 0 Å². The fraction of sp³-hybridized carbons (Fsp3) is 0.125. The lowest BCUT2D eigenvalue weighted by Gasteiger charge is -2.27. The number of anilines is 3. The summed E-state index contributed by atoms with van der Waals surface area (Å²) in [6.07, 6.45) is 2.08. The van der Waals surface area contributed by atoms with E-state index in [9.17, 15) is 0 Å². The molecular formula is C48H41N3. The minimum atomic E-state index is 0.316. The maximum absolute atomic E-state index is 2.69. The highest BCUT2D eigenvalue weighted by atomic mass is 15.1. The molecule has 0 aliphatic rings. The second kappa shape index (κ2) is 13.0. The van der Waals surface area contributed by atoms with Gasteiger partial charge in [0.25, 0.3) is 0 Å². The van der Waals surface area contributed by atoms with Crippen molar-refractivity contribution in [1.82, 2.24) is 9.13 Å². The second-order valence-corrected chi connectivity index (χ2v) is 13.7. The normalized spacial score (nSPS) is 12.9. The second-order valence-electron chi connectivity index (χ2n) is 13.7. The summed E-state index contributed by atoms with van der Waals surface area (Å²) < 4.78 is 5.12. The molecule has 9 aromatic rings. The molecule has 2 aromatic heterocycles. The third-order valence-corrected chi connectivity index (χ3v) is 10.7. The Labute approximate surface area is 299 Å². The Balaban J connectivity index is 1.15. The van der Waals surface area contributed by atoms with Gasteiger partial charge in [-0.05, 0) is 91.1 Å². The van der Waals surface area contributed by atoms with Crippen LogP contribution in [0.4, 0.5) is 17.1 Å². The molecule has 51 heavy (non-hydrogen) atoms. The van der Waals surface area contributed by atoms with E-state index in [4.69, 9.17) is 0 Å². The molecule has 0 aliphatic carbocycles. The smallest absolute Gasteiger partial charge is 0.0595 e. The molecule has 2 unspecified atom stereocenters. The molecule has 0 radical (unpaired) electrons. The van der Waals surface area contributed by atoms with Crippen LogP contribution in [0.2, 0.25) is 0 Å². The van der Waals surface area contributed by atoms with Crippen LogP contribution in [0.25, 0.3) is 49.3 Å². The highest BCUT2D eigenvalue weighted by molar-refractivity contribution is 6.25. The van der Waals surface area contributed by atoms with Crippen LogP contribution in [0.15, 0.2) is 176 Å². The van der Waals surface area contributed by atoms with E-state index in [1.807, 2.05) is 0 Å². The lowest BCUT2D eigenvalue weighted by molar-refractivity contribution is 0.442. The molecular weight excluding hydrogens is 619 g/mol. The summed E-state index contributed by atoms with van der Waals surface area (Å²) in [5.41, 5.74) is 11.2. The minimum absolute atomic E-state index is 0.316. The number of para-hydroxylation sites is 5. The minimum Gasteiger partial charge on any atom is -0.337 e. The molecule has 0 spiro atoms. The van der Waals surface area contributed by atoms with Crippen molar-refractivity contribution in [2.24, 2.45) is 0 Å². The van der Waals surface area contributed by atoms with Crippen molar-refractivity contribution in [3.8, 4) is 5.69 Å². The maximum atomic E-state index is 2.69. The molecule has 0 bridgehead atoms. The van der Waals surface area contributed by atoms with Crippen molar-refractivity contribution in [1.29, 1.82) is 0 Å². The van der Waals surface area contributed by atoms with Gasteiger partial charge in [-0.1, -0.05) is 123 Å². The van der Waals surface area contributed by atoms with Gasteiger partial charge in [0, 0.05) is 55.9 Å². The third kappa shape index (κ3) is 5.28. The molecule has 248 valence electrons. The Hall–Kier alpha value is -6.06. The molecule has 0 amide bonds. The van der Waals surface area contributed by atoms with E-state index in [2.05, 4.69) is 204 Å². The first-order valence-electron chi connectivity index (χ1n) is 18.2. The summed E-state index contributed by atoms with van der Waals surface area (Å²) >= 11 is 0. The predicted octanol–water partition coefficient (Wildman–Crippen LogP) is 13.5. The van der Waals surface area contributed by atoms with Crippen molar-refractivity contribution in [2.45, 2.75) is 38.6 Å². The van der Waals surface area contributed by atoms with E-state index in [0.29, 0.717) is 12.0 Å². The van der Waals surface area contributed by atoms with Crippen molar-refractivity contribution in [3.05, 3.63) is 181 Å². The number of aromatic nitrogens is 2. The number of benzene rings is 7. The molecule has 2 heterocycles. The van der Waals surface area contributed by atoms with E-state index in [-0.39, 0.29) is 0 Å². The average molecular weight is 660 g/mol. The van der Waals surface area contributed by atoms with E-state index in [1.54, 1.807) is 0 Å². The predicted molar refractivity (Wildman–Crippen MR) is 217 cm³/mol. The lowest BCUT2D eigenvalue weighted by atomic mass is 9.92. The molecule has 3 heteroatoms. The number of hydrogen-bond donors (Lipinski definition) is 0. The van der Waals surface area contributed by atoms with Crippen molar-refractivity contribution in [2.75, 3.05) is 4.90 Å². The molecule has 7 aromatic carbocycles. The van der Waals surface area contributed by atoms with Crippen LogP contribution >= 0.6 is 0 Å². The summed E-state index contributed by atoms with van der Waals surface area (Å²) in [6.45, 7) is 4.75. The Bertz CT molecular complexity index is 2560. The van der Waals surface area contributed by atoms with E-state index in [0.717, 1.165) is 29.9 Å². The topological polar surface area (TPSA) is 13.1 Å². The SMILES string of the molecule is CCC(CC(C)c1ccc(N(c2ccccc2)c2ccccc2)cc1)n1c2ccccc2c2ccc3c(c4ccccc4n3-c3ccccc3)c21. The van der Waals surface area contributed by atoms with Crippen LogP contribution in [0.5, 0.6) is 0 Å². The number of hydrogen-bond acceptors (Lipinski definition) is 1. The first-order chi connectivity index (χ1) is 25.2. The van der Waals surface area contributed by atoms with E-state index < -0.39 is 0 Å². The summed E-state index contributed by atoms with van der Waals surface area (Å²) in [7, 11) is 0. The van der Waals surface area contributed by atoms with Gasteiger partial charge in [0.2, 0.25) is 0 Å². The van der Waals surface area contributed by atoms with Gasteiger partial charge in [0.1, 0.15) is 0 Å². The zero-order valence-electron chi connectivity index (χ0n) is 29.2. The summed E-state index contributed by atoms with van der Waals surface area (Å²) in [6, 6.07) is 64.2. The van der Waals surface area contributed by atoms with Gasteiger partial charge < -0.3 is 14.0 Å².